The minimum Gasteiger partial charge on any atom is -0.550 e. The maximum atomic E-state index is 9.26. The maximum Gasteiger partial charge on any atom is 1.00 e. The number of carbonyl (C=O) groups is 1. The predicted molar refractivity (Wildman–Crippen MR) is 28.8 cm³/mol. The monoisotopic (exact) mass is 128 g/mol. The number of hydrogen-bond donors (Lipinski definition) is 0. The zero-order valence-electron chi connectivity index (χ0n) is 4.02. The van der Waals surface area contributed by atoms with Crippen molar-refractivity contribution >= 4 is 5.97 Å². The molecule has 0 N–H and O–H groups in total. The van der Waals surface area contributed by atoms with Crippen molar-refractivity contribution in [3.63, 3.8) is 0 Å². The molecule has 0 amide bonds. The van der Waals surface area contributed by atoms with Crippen molar-refractivity contribution in [3.05, 3.63) is 0 Å². The Morgan fingerprint density at radius 2 is 1.62 bits per heavy atom. The van der Waals surface area contributed by atoms with Gasteiger partial charge in [0.15, 0.2) is 0 Å². The molecule has 0 radical (unpaired) electrons. The van der Waals surface area contributed by atoms with Crippen LogP contribution in [0.1, 0.15) is 28.2 Å². The van der Waals surface area contributed by atoms with Gasteiger partial charge in [-0.3, -0.25) is 0 Å². The van der Waals surface area contributed by atoms with Gasteiger partial charge in [-0.15, -0.1) is 0 Å². The zero-order chi connectivity index (χ0) is 4.28. The molecule has 0 atom stereocenters. The molecule has 0 rings (SSSR count). The van der Waals surface area contributed by atoms with E-state index in [2.05, 4.69) is 0 Å². The van der Waals surface area contributed by atoms with Gasteiger partial charge in [0.2, 0.25) is 0 Å². The van der Waals surface area contributed by atoms with Crippen molar-refractivity contribution in [1.29, 1.82) is 0 Å². The van der Waals surface area contributed by atoms with E-state index in [-0.39, 0.29) is 50.8 Å². The van der Waals surface area contributed by atoms with Crippen LogP contribution < -0.4 is 34.7 Å². The second-order valence-corrected chi connectivity index (χ2v) is 0.726. The van der Waals surface area contributed by atoms with E-state index in [0.717, 1.165) is 0 Å². The molecular weight excluding hydrogens is 115 g/mol. The Balaban J connectivity index is -0.0000000267. The first kappa shape index (κ1) is 23.7. The van der Waals surface area contributed by atoms with E-state index in [0.29, 0.717) is 0 Å². The van der Waals surface area contributed by atoms with Crippen molar-refractivity contribution in [1.82, 2.24) is 0 Å². The van der Waals surface area contributed by atoms with Gasteiger partial charge in [0.1, 0.15) is 0 Å². The van der Waals surface area contributed by atoms with Crippen LogP contribution in [0.4, 0.5) is 0 Å². The van der Waals surface area contributed by atoms with Crippen LogP contribution >= 0.6 is 0 Å². The molecule has 0 aliphatic heterocycles. The molecule has 0 unspecified atom stereocenters. The first-order valence-electron chi connectivity index (χ1n) is 1.47. The second-order valence-electron chi connectivity index (χ2n) is 0.726. The predicted octanol–water partition coefficient (Wildman–Crippen LogP) is -2.58. The third kappa shape index (κ3) is 31.7. The second kappa shape index (κ2) is 15.6. The van der Waals surface area contributed by atoms with Gasteiger partial charge in [-0.05, 0) is 6.42 Å². The fourth-order valence-electron chi connectivity index (χ4n) is 0. The van der Waals surface area contributed by atoms with E-state index in [1.54, 1.807) is 0 Å². The summed E-state index contributed by atoms with van der Waals surface area (Å²) in [5, 5.41) is 9.26. The van der Waals surface area contributed by atoms with Crippen LogP contribution in [0.25, 0.3) is 0 Å². The van der Waals surface area contributed by atoms with Crippen LogP contribution in [0.3, 0.4) is 0 Å². The molecule has 8 heavy (non-hydrogen) atoms. The molecule has 2 nitrogen and oxygen atoms in total. The Morgan fingerprint density at radius 1 is 1.50 bits per heavy atom. The van der Waals surface area contributed by atoms with Gasteiger partial charge < -0.3 is 9.90 Å². The van der Waals surface area contributed by atoms with Gasteiger partial charge in [0.05, 0.1) is 0 Å². The molecule has 0 aromatic rings. The summed E-state index contributed by atoms with van der Waals surface area (Å²) in [6.45, 7) is 1.54. The summed E-state index contributed by atoms with van der Waals surface area (Å²) >= 11 is 0. The number of aliphatic carboxylic acids is 1. The summed E-state index contributed by atoms with van der Waals surface area (Å²) in [5.74, 6) is -0.995. The summed E-state index contributed by atoms with van der Waals surface area (Å²) < 4.78 is 0. The largest absolute Gasteiger partial charge is 1.00 e. The molecule has 0 spiro atoms. The van der Waals surface area contributed by atoms with Gasteiger partial charge >= 0.3 is 29.6 Å². The minimum atomic E-state index is -0.995. The van der Waals surface area contributed by atoms with Crippen molar-refractivity contribution in [3.8, 4) is 0 Å². The number of carboxylic acids is 1. The average Bonchev–Trinajstić information content (AvgIpc) is 1.38. The van der Waals surface area contributed by atoms with Gasteiger partial charge in [-0.25, -0.2) is 0 Å². The molecule has 0 aromatic carbocycles. The van der Waals surface area contributed by atoms with Crippen molar-refractivity contribution in [2.75, 3.05) is 0 Å². The third-order valence-corrected chi connectivity index (χ3v) is 0.289. The standard InChI is InChI=1S/C3H6O2.2CH4.Na/c1-2-3(4)5;;;/h2H2,1H3,(H,4,5);2*1H4;/q;;;+1/p-1. The molecule has 0 fully saturated rings. The normalized spacial score (nSPS) is 4.62. The van der Waals surface area contributed by atoms with E-state index in [4.69, 9.17) is 0 Å². The SMILES string of the molecule is C.C.CCC(=O)[O-].[Na+]. The quantitative estimate of drug-likeness (QED) is 0.364. The van der Waals surface area contributed by atoms with E-state index in [1.165, 1.54) is 6.92 Å². The van der Waals surface area contributed by atoms with Crippen LogP contribution in [0, 0.1) is 0 Å². The van der Waals surface area contributed by atoms with Crippen LogP contribution in [-0.4, -0.2) is 5.97 Å². The summed E-state index contributed by atoms with van der Waals surface area (Å²) in [4.78, 5) is 9.26. The Morgan fingerprint density at radius 3 is 1.62 bits per heavy atom. The van der Waals surface area contributed by atoms with Crippen LogP contribution in [0.15, 0.2) is 0 Å². The summed E-state index contributed by atoms with van der Waals surface area (Å²) in [7, 11) is 0. The molecular formula is C5H13NaO2. The molecule has 0 bridgehead atoms. The van der Waals surface area contributed by atoms with Crippen LogP contribution in [0.5, 0.6) is 0 Å². The van der Waals surface area contributed by atoms with E-state index in [9.17, 15) is 9.90 Å². The molecule has 0 saturated heterocycles. The van der Waals surface area contributed by atoms with Crippen LogP contribution in [0.2, 0.25) is 0 Å². The average molecular weight is 128 g/mol. The van der Waals surface area contributed by atoms with Gasteiger partial charge in [0, 0.05) is 5.97 Å². The van der Waals surface area contributed by atoms with E-state index < -0.39 is 5.97 Å². The number of rotatable bonds is 1. The first-order valence-corrected chi connectivity index (χ1v) is 1.47. The van der Waals surface area contributed by atoms with Gasteiger partial charge in [0.25, 0.3) is 0 Å². The third-order valence-electron chi connectivity index (χ3n) is 0.289. The number of carboxylic acid groups (broad SMARTS) is 1. The molecule has 0 aliphatic rings. The molecule has 0 aliphatic carbocycles. The maximum absolute atomic E-state index is 9.26. The Labute approximate surface area is 73.6 Å². The minimum absolute atomic E-state index is 0. The fraction of sp³-hybridized carbons (Fsp3) is 0.800. The number of hydrogen-bond acceptors (Lipinski definition) is 2. The number of carbonyl (C=O) groups excluding carboxylic acids is 1. The fourth-order valence-corrected chi connectivity index (χ4v) is 0. The van der Waals surface area contributed by atoms with Crippen molar-refractivity contribution in [2.24, 2.45) is 0 Å². The topological polar surface area (TPSA) is 40.1 Å². The van der Waals surface area contributed by atoms with E-state index >= 15 is 0 Å². The van der Waals surface area contributed by atoms with Crippen LogP contribution in [-0.2, 0) is 4.79 Å². The van der Waals surface area contributed by atoms with Gasteiger partial charge in [-0.2, -0.15) is 0 Å². The Hall–Kier alpha value is 0.470. The van der Waals surface area contributed by atoms with Gasteiger partial charge in [-0.1, -0.05) is 21.8 Å². The van der Waals surface area contributed by atoms with E-state index in [1.807, 2.05) is 0 Å². The molecule has 46 valence electrons. The van der Waals surface area contributed by atoms with Crippen molar-refractivity contribution in [2.45, 2.75) is 28.2 Å². The molecule has 0 heterocycles. The molecule has 0 saturated carbocycles. The zero-order valence-corrected chi connectivity index (χ0v) is 6.02. The summed E-state index contributed by atoms with van der Waals surface area (Å²) in [5.41, 5.74) is 0. The molecule has 3 heteroatoms. The first-order chi connectivity index (χ1) is 2.27. The summed E-state index contributed by atoms with van der Waals surface area (Å²) in [6, 6.07) is 0. The molecule has 0 aromatic heterocycles. The smallest absolute Gasteiger partial charge is 0.550 e. The Bertz CT molecular complexity index is 45.7. The van der Waals surface area contributed by atoms with Crippen molar-refractivity contribution < 1.29 is 39.5 Å². The summed E-state index contributed by atoms with van der Waals surface area (Å²) in [6.07, 6.45) is 0.111. The Kier molecular flexibility index (Phi) is 46.3.